The molecule has 1 aliphatic carbocycles. The third kappa shape index (κ3) is 4.23. The van der Waals surface area contributed by atoms with Gasteiger partial charge in [0.25, 0.3) is 5.91 Å². The van der Waals surface area contributed by atoms with Gasteiger partial charge in [-0.3, -0.25) is 4.79 Å². The van der Waals surface area contributed by atoms with Gasteiger partial charge in [-0.15, -0.1) is 0 Å². The molecule has 0 radical (unpaired) electrons. The first-order chi connectivity index (χ1) is 15.4. The van der Waals surface area contributed by atoms with Crippen LogP contribution in [-0.4, -0.2) is 44.9 Å². The highest BCUT2D eigenvalue weighted by atomic mass is 16.4. The predicted molar refractivity (Wildman–Crippen MR) is 123 cm³/mol. The van der Waals surface area contributed by atoms with Crippen LogP contribution in [0.2, 0.25) is 0 Å². The number of carboxylic acids is 1. The number of amides is 3. The van der Waals surface area contributed by atoms with Gasteiger partial charge >= 0.3 is 12.0 Å². The number of aliphatic carboxylic acids is 1. The number of carbonyl (C=O) groups is 3. The van der Waals surface area contributed by atoms with Crippen LogP contribution < -0.4 is 0 Å². The third-order valence-corrected chi connectivity index (χ3v) is 7.01. The number of carboxylic acid groups (broad SMARTS) is 1. The summed E-state index contributed by atoms with van der Waals surface area (Å²) in [4.78, 5) is 41.8. The molecule has 1 N–H and O–H groups in total. The number of benzene rings is 2. The van der Waals surface area contributed by atoms with Gasteiger partial charge in [-0.25, -0.2) is 14.5 Å². The van der Waals surface area contributed by atoms with Gasteiger partial charge in [0.05, 0.1) is 0 Å². The Labute approximate surface area is 189 Å². The molecule has 1 saturated heterocycles. The van der Waals surface area contributed by atoms with Crippen molar-refractivity contribution in [2.75, 3.05) is 0 Å². The van der Waals surface area contributed by atoms with Crippen molar-refractivity contribution in [2.45, 2.75) is 71.0 Å². The quantitative estimate of drug-likeness (QED) is 0.616. The van der Waals surface area contributed by atoms with E-state index in [2.05, 4.69) is 0 Å². The van der Waals surface area contributed by atoms with Gasteiger partial charge < -0.3 is 10.0 Å². The maximum absolute atomic E-state index is 13.5. The van der Waals surface area contributed by atoms with E-state index in [1.54, 1.807) is 4.90 Å². The van der Waals surface area contributed by atoms with E-state index in [-0.39, 0.29) is 24.3 Å². The lowest BCUT2D eigenvalue weighted by atomic mass is 9.84. The molecule has 32 heavy (non-hydrogen) atoms. The summed E-state index contributed by atoms with van der Waals surface area (Å²) < 4.78 is 0. The van der Waals surface area contributed by atoms with Gasteiger partial charge in [0, 0.05) is 6.54 Å². The van der Waals surface area contributed by atoms with Crippen molar-refractivity contribution in [1.82, 2.24) is 9.80 Å². The number of nitrogens with zero attached hydrogens (tertiary/aromatic N) is 2. The Kier molecular flexibility index (Phi) is 6.49. The summed E-state index contributed by atoms with van der Waals surface area (Å²) in [5, 5.41) is 12.1. The summed E-state index contributed by atoms with van der Waals surface area (Å²) in [6.45, 7) is 4.10. The highest BCUT2D eigenvalue weighted by Gasteiger charge is 2.51. The van der Waals surface area contributed by atoms with Crippen LogP contribution in [0.5, 0.6) is 0 Å². The maximum atomic E-state index is 13.5. The lowest BCUT2D eigenvalue weighted by Gasteiger charge is -2.28. The van der Waals surface area contributed by atoms with Crippen LogP contribution >= 0.6 is 0 Å². The van der Waals surface area contributed by atoms with Gasteiger partial charge in [0.2, 0.25) is 0 Å². The Hall–Kier alpha value is -2.89. The average molecular weight is 437 g/mol. The van der Waals surface area contributed by atoms with Crippen molar-refractivity contribution in [3.8, 4) is 0 Å². The molecule has 1 heterocycles. The fourth-order valence-corrected chi connectivity index (χ4v) is 5.39. The van der Waals surface area contributed by atoms with Gasteiger partial charge in [-0.05, 0) is 34.6 Å². The molecule has 2 aromatic rings. The molecule has 1 saturated carbocycles. The first-order valence-corrected chi connectivity index (χ1v) is 11.7. The lowest BCUT2D eigenvalue weighted by Crippen LogP contribution is -2.47. The second kappa shape index (κ2) is 9.31. The highest BCUT2D eigenvalue weighted by molar-refractivity contribution is 6.07. The van der Waals surface area contributed by atoms with Crippen molar-refractivity contribution in [2.24, 2.45) is 11.8 Å². The number of imide groups is 1. The maximum Gasteiger partial charge on any atom is 0.328 e. The van der Waals surface area contributed by atoms with Gasteiger partial charge in [0.1, 0.15) is 12.1 Å². The molecule has 2 atom stereocenters. The molecule has 0 spiro atoms. The molecule has 4 rings (SSSR count). The van der Waals surface area contributed by atoms with Gasteiger partial charge in [-0.2, -0.15) is 0 Å². The van der Waals surface area contributed by atoms with Crippen molar-refractivity contribution < 1.29 is 19.5 Å². The number of hydrogen-bond acceptors (Lipinski definition) is 3. The third-order valence-electron chi connectivity index (χ3n) is 7.01. The summed E-state index contributed by atoms with van der Waals surface area (Å²) in [6.07, 6.45) is 5.62. The highest BCUT2D eigenvalue weighted by Crippen LogP contribution is 2.33. The molecule has 1 aliphatic heterocycles. The summed E-state index contributed by atoms with van der Waals surface area (Å²) in [5.74, 6) is -1.34. The molecule has 6 heteroatoms. The van der Waals surface area contributed by atoms with E-state index in [1.807, 2.05) is 56.3 Å². The molecule has 2 unspecified atom stereocenters. The molecule has 2 aliphatic rings. The van der Waals surface area contributed by atoms with Crippen molar-refractivity contribution in [1.29, 1.82) is 0 Å². The Morgan fingerprint density at radius 3 is 2.41 bits per heavy atom. The standard InChI is InChI=1S/C26H32N2O4/c1-17(2)23-24(29)28(22(25(30)31)15-18-9-4-3-5-10-18)26(32)27(23)16-20-13-8-12-19-11-6-7-14-21(19)20/h6-8,11-14,17-18,22-23H,3-5,9-10,15-16H2,1-2H3,(H,30,31). The number of urea groups is 1. The van der Waals surface area contributed by atoms with Crippen molar-refractivity contribution in [3.05, 3.63) is 48.0 Å². The largest absolute Gasteiger partial charge is 0.480 e. The van der Waals surface area contributed by atoms with Crippen LogP contribution in [0.25, 0.3) is 10.8 Å². The van der Waals surface area contributed by atoms with Crippen LogP contribution in [0, 0.1) is 11.8 Å². The fourth-order valence-electron chi connectivity index (χ4n) is 5.39. The van der Waals surface area contributed by atoms with Crippen LogP contribution in [-0.2, 0) is 16.1 Å². The second-order valence-electron chi connectivity index (χ2n) is 9.54. The van der Waals surface area contributed by atoms with E-state index >= 15 is 0 Å². The summed E-state index contributed by atoms with van der Waals surface area (Å²) in [7, 11) is 0. The Morgan fingerprint density at radius 2 is 1.72 bits per heavy atom. The van der Waals surface area contributed by atoms with E-state index in [9.17, 15) is 19.5 Å². The van der Waals surface area contributed by atoms with Crippen LogP contribution in [0.3, 0.4) is 0 Å². The molecule has 0 bridgehead atoms. The molecule has 2 aromatic carbocycles. The average Bonchev–Trinajstić information content (AvgIpc) is 3.02. The van der Waals surface area contributed by atoms with E-state index in [4.69, 9.17) is 0 Å². The monoisotopic (exact) mass is 436 g/mol. The van der Waals surface area contributed by atoms with Gasteiger partial charge in [0.15, 0.2) is 0 Å². The molecule has 3 amide bonds. The number of carbonyl (C=O) groups excluding carboxylic acids is 2. The molecule has 170 valence electrons. The van der Waals surface area contributed by atoms with Crippen LogP contribution in [0.4, 0.5) is 4.79 Å². The van der Waals surface area contributed by atoms with E-state index < -0.39 is 24.1 Å². The van der Waals surface area contributed by atoms with Crippen LogP contribution in [0.1, 0.15) is 57.9 Å². The molecular formula is C26H32N2O4. The first-order valence-electron chi connectivity index (χ1n) is 11.7. The summed E-state index contributed by atoms with van der Waals surface area (Å²) >= 11 is 0. The molecule has 6 nitrogen and oxygen atoms in total. The van der Waals surface area contributed by atoms with E-state index in [1.165, 1.54) is 6.42 Å². The summed E-state index contributed by atoms with van der Waals surface area (Å²) in [5.41, 5.74) is 0.955. The zero-order valence-electron chi connectivity index (χ0n) is 18.9. The normalized spacial score (nSPS) is 21.0. The minimum absolute atomic E-state index is 0.115. The molecule has 2 fully saturated rings. The number of fused-ring (bicyclic) bond motifs is 1. The zero-order valence-corrected chi connectivity index (χ0v) is 18.9. The Morgan fingerprint density at radius 1 is 1.03 bits per heavy atom. The Balaban J connectivity index is 1.64. The number of rotatable bonds is 7. The Bertz CT molecular complexity index is 1010. The second-order valence-corrected chi connectivity index (χ2v) is 9.54. The number of hydrogen-bond donors (Lipinski definition) is 1. The molecule has 0 aromatic heterocycles. The fraction of sp³-hybridized carbons (Fsp3) is 0.500. The zero-order chi connectivity index (χ0) is 22.8. The molecular weight excluding hydrogens is 404 g/mol. The van der Waals surface area contributed by atoms with Crippen molar-refractivity contribution >= 4 is 28.7 Å². The smallest absolute Gasteiger partial charge is 0.328 e. The topological polar surface area (TPSA) is 77.9 Å². The predicted octanol–water partition coefficient (Wildman–Crippen LogP) is 5.05. The van der Waals surface area contributed by atoms with Crippen molar-refractivity contribution in [3.63, 3.8) is 0 Å². The van der Waals surface area contributed by atoms with Gasteiger partial charge in [-0.1, -0.05) is 88.4 Å². The van der Waals surface area contributed by atoms with Crippen LogP contribution in [0.15, 0.2) is 42.5 Å². The first kappa shape index (κ1) is 22.3. The SMILES string of the molecule is CC(C)C1C(=O)N(C(CC2CCCCC2)C(=O)O)C(=O)N1Cc1cccc2ccccc12. The minimum atomic E-state index is -1.10. The van der Waals surface area contributed by atoms with E-state index in [0.717, 1.165) is 46.9 Å². The van der Waals surface area contributed by atoms with E-state index in [0.29, 0.717) is 6.42 Å². The minimum Gasteiger partial charge on any atom is -0.480 e. The summed E-state index contributed by atoms with van der Waals surface area (Å²) in [6, 6.07) is 11.7. The lowest BCUT2D eigenvalue weighted by molar-refractivity contribution is -0.148.